The van der Waals surface area contributed by atoms with Crippen molar-refractivity contribution < 1.29 is 22.2 Å². The molecular weight excluding hydrogens is 374 g/mol. The second-order valence-electron chi connectivity index (χ2n) is 6.02. The molecule has 0 radical (unpaired) electrons. The molecule has 11 heteroatoms. The fourth-order valence-electron chi connectivity index (χ4n) is 2.45. The van der Waals surface area contributed by atoms with Gasteiger partial charge in [-0.15, -0.1) is 5.10 Å². The van der Waals surface area contributed by atoms with Crippen molar-refractivity contribution in [3.05, 3.63) is 42.1 Å². The van der Waals surface area contributed by atoms with Gasteiger partial charge in [0.15, 0.2) is 0 Å². The number of nitrogens with zero attached hydrogens (tertiary/aromatic N) is 4. The van der Waals surface area contributed by atoms with Crippen molar-refractivity contribution in [2.24, 2.45) is 0 Å². The van der Waals surface area contributed by atoms with Crippen LogP contribution in [0.25, 0.3) is 11.7 Å². The Morgan fingerprint density at radius 2 is 1.93 bits per heavy atom. The standard InChI is InChI=1S/C16H15N5O5S/c1-21(11-4-5-11)27(23,24)12-6-2-10(3-7-12)14(22)18-16-20-19-15(25-16)13-8-9-17-26-13/h2-3,6-9,11H,4-5H2,1H3,(H,18,20,22). The van der Waals surface area contributed by atoms with E-state index >= 15 is 0 Å². The van der Waals surface area contributed by atoms with Gasteiger partial charge < -0.3 is 8.94 Å². The molecule has 0 spiro atoms. The molecule has 2 heterocycles. The molecule has 1 aromatic carbocycles. The molecule has 1 aliphatic carbocycles. The normalized spacial score (nSPS) is 14.4. The van der Waals surface area contributed by atoms with E-state index in [-0.39, 0.29) is 34.2 Å². The summed E-state index contributed by atoms with van der Waals surface area (Å²) in [5, 5.41) is 13.4. The topological polar surface area (TPSA) is 131 Å². The quantitative estimate of drug-likeness (QED) is 0.674. The molecule has 140 valence electrons. The van der Waals surface area contributed by atoms with E-state index in [0.717, 1.165) is 12.8 Å². The predicted octanol–water partition coefficient (Wildman–Crippen LogP) is 1.76. The van der Waals surface area contributed by atoms with E-state index in [4.69, 9.17) is 8.94 Å². The molecule has 0 bridgehead atoms. The number of carbonyl (C=O) groups excluding carboxylic acids is 1. The Hall–Kier alpha value is -3.05. The third-order valence-electron chi connectivity index (χ3n) is 4.15. The number of hydrogen-bond donors (Lipinski definition) is 1. The lowest BCUT2D eigenvalue weighted by Crippen LogP contribution is -2.29. The van der Waals surface area contributed by atoms with Crippen molar-refractivity contribution in [2.75, 3.05) is 12.4 Å². The summed E-state index contributed by atoms with van der Waals surface area (Å²) in [5.74, 6) is -0.160. The van der Waals surface area contributed by atoms with E-state index in [1.807, 2.05) is 0 Å². The summed E-state index contributed by atoms with van der Waals surface area (Å²) in [6.07, 6.45) is 3.17. The maximum Gasteiger partial charge on any atom is 0.322 e. The number of hydrogen-bond acceptors (Lipinski definition) is 8. The average Bonchev–Trinajstić information content (AvgIpc) is 3.16. The van der Waals surface area contributed by atoms with E-state index < -0.39 is 15.9 Å². The van der Waals surface area contributed by atoms with Gasteiger partial charge in [0.1, 0.15) is 0 Å². The molecule has 3 aromatic rings. The number of nitrogens with one attached hydrogen (secondary N) is 1. The zero-order valence-electron chi connectivity index (χ0n) is 14.2. The summed E-state index contributed by atoms with van der Waals surface area (Å²) in [6.45, 7) is 0. The largest absolute Gasteiger partial charge is 0.400 e. The van der Waals surface area contributed by atoms with Gasteiger partial charge >= 0.3 is 6.01 Å². The highest BCUT2D eigenvalue weighted by Gasteiger charge is 2.35. The third kappa shape index (κ3) is 3.46. The lowest BCUT2D eigenvalue weighted by Gasteiger charge is -2.16. The molecule has 0 aliphatic heterocycles. The Morgan fingerprint density at radius 3 is 2.56 bits per heavy atom. The summed E-state index contributed by atoms with van der Waals surface area (Å²) in [7, 11) is -1.99. The summed E-state index contributed by atoms with van der Waals surface area (Å²) < 4.78 is 36.5. The Bertz CT molecular complexity index is 1060. The highest BCUT2D eigenvalue weighted by Crippen LogP contribution is 2.30. The number of amides is 1. The van der Waals surface area contributed by atoms with Crippen LogP contribution >= 0.6 is 0 Å². The van der Waals surface area contributed by atoms with Crippen molar-refractivity contribution in [3.63, 3.8) is 0 Å². The van der Waals surface area contributed by atoms with Crippen LogP contribution < -0.4 is 5.32 Å². The zero-order valence-corrected chi connectivity index (χ0v) is 15.0. The number of anilines is 1. The number of rotatable bonds is 6. The molecule has 1 saturated carbocycles. The van der Waals surface area contributed by atoms with Gasteiger partial charge in [0.25, 0.3) is 11.8 Å². The first-order chi connectivity index (χ1) is 12.9. The number of carbonyl (C=O) groups is 1. The minimum absolute atomic E-state index is 0.0639. The van der Waals surface area contributed by atoms with Gasteiger partial charge in [-0.25, -0.2) is 8.42 Å². The van der Waals surface area contributed by atoms with Gasteiger partial charge in [-0.1, -0.05) is 10.3 Å². The fraction of sp³-hybridized carbons (Fsp3) is 0.250. The van der Waals surface area contributed by atoms with E-state index in [1.165, 1.54) is 40.8 Å². The average molecular weight is 389 g/mol. The number of sulfonamides is 1. The van der Waals surface area contributed by atoms with Gasteiger partial charge in [-0.2, -0.15) is 4.31 Å². The second-order valence-corrected chi connectivity index (χ2v) is 8.02. The van der Waals surface area contributed by atoms with Crippen LogP contribution in [0.3, 0.4) is 0 Å². The molecular formula is C16H15N5O5S. The summed E-state index contributed by atoms with van der Waals surface area (Å²) in [5.41, 5.74) is 0.252. The Balaban J connectivity index is 1.46. The minimum Gasteiger partial charge on any atom is -0.400 e. The van der Waals surface area contributed by atoms with Gasteiger partial charge in [-0.3, -0.25) is 10.1 Å². The fourth-order valence-corrected chi connectivity index (χ4v) is 3.86. The molecule has 1 aliphatic rings. The highest BCUT2D eigenvalue weighted by molar-refractivity contribution is 7.89. The lowest BCUT2D eigenvalue weighted by molar-refractivity contribution is 0.102. The van der Waals surface area contributed by atoms with Crippen LogP contribution in [0.2, 0.25) is 0 Å². The molecule has 1 N–H and O–H groups in total. The summed E-state index contributed by atoms with van der Waals surface area (Å²) in [6, 6.07) is 7.14. The predicted molar refractivity (Wildman–Crippen MR) is 92.2 cm³/mol. The molecule has 0 saturated heterocycles. The Kier molecular flexibility index (Phi) is 4.24. The smallest absolute Gasteiger partial charge is 0.322 e. The van der Waals surface area contributed by atoms with Crippen LogP contribution in [0.5, 0.6) is 0 Å². The summed E-state index contributed by atoms with van der Waals surface area (Å²) in [4.78, 5) is 12.4. The molecule has 0 unspecified atom stereocenters. The molecule has 27 heavy (non-hydrogen) atoms. The molecule has 1 fully saturated rings. The van der Waals surface area contributed by atoms with Crippen molar-refractivity contribution in [1.29, 1.82) is 0 Å². The van der Waals surface area contributed by atoms with Crippen LogP contribution in [0.15, 0.2) is 50.4 Å². The van der Waals surface area contributed by atoms with Crippen LogP contribution in [0.4, 0.5) is 6.01 Å². The molecule has 0 atom stereocenters. The maximum atomic E-state index is 12.5. The van der Waals surface area contributed by atoms with Crippen molar-refractivity contribution in [2.45, 2.75) is 23.8 Å². The number of benzene rings is 1. The molecule has 10 nitrogen and oxygen atoms in total. The van der Waals surface area contributed by atoms with Gasteiger partial charge in [0.05, 0.1) is 11.1 Å². The first-order valence-electron chi connectivity index (χ1n) is 8.09. The van der Waals surface area contributed by atoms with Crippen molar-refractivity contribution >= 4 is 21.9 Å². The van der Waals surface area contributed by atoms with E-state index in [1.54, 1.807) is 7.05 Å². The number of aromatic nitrogens is 3. The minimum atomic E-state index is -3.55. The van der Waals surface area contributed by atoms with E-state index in [2.05, 4.69) is 20.7 Å². The van der Waals surface area contributed by atoms with Crippen LogP contribution in [-0.2, 0) is 10.0 Å². The first-order valence-corrected chi connectivity index (χ1v) is 9.53. The van der Waals surface area contributed by atoms with Gasteiger partial charge in [-0.05, 0) is 37.1 Å². The SMILES string of the molecule is CN(C1CC1)S(=O)(=O)c1ccc(C(=O)Nc2nnc(-c3ccno3)o2)cc1. The third-order valence-corrected chi connectivity index (χ3v) is 6.07. The lowest BCUT2D eigenvalue weighted by atomic mass is 10.2. The van der Waals surface area contributed by atoms with Gasteiger partial charge in [0, 0.05) is 24.7 Å². The van der Waals surface area contributed by atoms with Crippen LogP contribution in [0, 0.1) is 0 Å². The molecule has 2 aromatic heterocycles. The Labute approximate surface area is 154 Å². The molecule has 1 amide bonds. The second kappa shape index (κ2) is 6.59. The van der Waals surface area contributed by atoms with Crippen LogP contribution in [-0.4, -0.2) is 47.1 Å². The maximum absolute atomic E-state index is 12.5. The monoisotopic (exact) mass is 389 g/mol. The molecule has 4 rings (SSSR count). The van der Waals surface area contributed by atoms with E-state index in [9.17, 15) is 13.2 Å². The van der Waals surface area contributed by atoms with Crippen molar-refractivity contribution in [1.82, 2.24) is 19.7 Å². The summed E-state index contributed by atoms with van der Waals surface area (Å²) >= 11 is 0. The zero-order chi connectivity index (χ0) is 19.0. The first kappa shape index (κ1) is 17.4. The Morgan fingerprint density at radius 1 is 1.19 bits per heavy atom. The van der Waals surface area contributed by atoms with Crippen molar-refractivity contribution in [3.8, 4) is 11.7 Å². The van der Waals surface area contributed by atoms with Crippen LogP contribution in [0.1, 0.15) is 23.2 Å². The van der Waals surface area contributed by atoms with Gasteiger partial charge in [0.2, 0.25) is 15.8 Å². The van der Waals surface area contributed by atoms with E-state index in [0.29, 0.717) is 0 Å². The highest BCUT2D eigenvalue weighted by atomic mass is 32.2.